The highest BCUT2D eigenvalue weighted by molar-refractivity contribution is 6.74. The largest absolute Gasteiger partial charge is 0.469 e. The molecule has 0 heterocycles. The lowest BCUT2D eigenvalue weighted by atomic mass is 10.1. The van der Waals surface area contributed by atoms with E-state index in [9.17, 15) is 9.90 Å². The maximum atomic E-state index is 11.7. The second kappa shape index (κ2) is 4.57. The van der Waals surface area contributed by atoms with E-state index in [0.29, 0.717) is 6.42 Å². The van der Waals surface area contributed by atoms with Gasteiger partial charge in [0.15, 0.2) is 8.32 Å². The van der Waals surface area contributed by atoms with Gasteiger partial charge in [-0.3, -0.25) is 4.79 Å². The second-order valence-corrected chi connectivity index (χ2v) is 12.2. The van der Waals surface area contributed by atoms with Crippen LogP contribution in [0.2, 0.25) is 18.1 Å². The van der Waals surface area contributed by atoms with Crippen LogP contribution in [-0.2, 0) is 14.0 Å². The summed E-state index contributed by atoms with van der Waals surface area (Å²) in [6, 6.07) is 0. The molecule has 0 bridgehead atoms. The molecule has 2 aliphatic carbocycles. The van der Waals surface area contributed by atoms with E-state index in [2.05, 4.69) is 33.9 Å². The fourth-order valence-corrected chi connectivity index (χ4v) is 4.38. The molecule has 0 saturated heterocycles. The Labute approximate surface area is 116 Å². The van der Waals surface area contributed by atoms with Gasteiger partial charge in [0.05, 0.1) is 25.2 Å². The van der Waals surface area contributed by atoms with E-state index in [1.807, 2.05) is 0 Å². The normalized spacial score (nSPS) is 37.9. The van der Waals surface area contributed by atoms with Crippen LogP contribution in [0.15, 0.2) is 0 Å². The molecule has 2 fully saturated rings. The average Bonchev–Trinajstić information content (AvgIpc) is 2.92. The first-order chi connectivity index (χ1) is 8.60. The maximum Gasteiger partial charge on any atom is 0.309 e. The van der Waals surface area contributed by atoms with Crippen LogP contribution in [0, 0.1) is 17.8 Å². The number of fused-ring (bicyclic) bond motifs is 1. The quantitative estimate of drug-likeness (QED) is 0.638. The van der Waals surface area contributed by atoms with Crippen LogP contribution in [0.3, 0.4) is 0 Å². The molecule has 2 rings (SSSR count). The van der Waals surface area contributed by atoms with Gasteiger partial charge in [-0.1, -0.05) is 20.8 Å². The van der Waals surface area contributed by atoms with Gasteiger partial charge in [-0.15, -0.1) is 0 Å². The first kappa shape index (κ1) is 15.0. The fourth-order valence-electron chi connectivity index (χ4n) is 3.02. The molecule has 5 heteroatoms. The first-order valence-corrected chi connectivity index (χ1v) is 9.94. The van der Waals surface area contributed by atoms with Crippen LogP contribution in [-0.4, -0.2) is 38.7 Å². The van der Waals surface area contributed by atoms with Crippen molar-refractivity contribution in [2.45, 2.75) is 57.5 Å². The van der Waals surface area contributed by atoms with Gasteiger partial charge < -0.3 is 14.3 Å². The van der Waals surface area contributed by atoms with E-state index in [4.69, 9.17) is 9.16 Å². The van der Waals surface area contributed by atoms with Crippen molar-refractivity contribution in [3.63, 3.8) is 0 Å². The van der Waals surface area contributed by atoms with Crippen molar-refractivity contribution in [2.75, 3.05) is 7.11 Å². The average molecular weight is 286 g/mol. The number of rotatable bonds is 3. The lowest BCUT2D eigenvalue weighted by molar-refractivity contribution is -0.144. The van der Waals surface area contributed by atoms with E-state index >= 15 is 0 Å². The molecule has 1 N–H and O–H groups in total. The van der Waals surface area contributed by atoms with Gasteiger partial charge in [0.2, 0.25) is 0 Å². The van der Waals surface area contributed by atoms with Gasteiger partial charge in [0.25, 0.3) is 0 Å². The summed E-state index contributed by atoms with van der Waals surface area (Å²) in [5.74, 6) is -0.125. The summed E-state index contributed by atoms with van der Waals surface area (Å²) >= 11 is 0. The highest BCUT2D eigenvalue weighted by Crippen LogP contribution is 2.60. The lowest BCUT2D eigenvalue weighted by Gasteiger charge is -2.39. The van der Waals surface area contributed by atoms with Crippen LogP contribution < -0.4 is 0 Å². The molecule has 0 aliphatic heterocycles. The van der Waals surface area contributed by atoms with Crippen LogP contribution in [0.4, 0.5) is 0 Å². The van der Waals surface area contributed by atoms with Crippen LogP contribution >= 0.6 is 0 Å². The molecule has 2 saturated carbocycles. The Morgan fingerprint density at radius 3 is 2.32 bits per heavy atom. The monoisotopic (exact) mass is 286 g/mol. The summed E-state index contributed by atoms with van der Waals surface area (Å²) in [5, 5.41) is 10.2. The first-order valence-electron chi connectivity index (χ1n) is 7.04. The predicted octanol–water partition coefficient (Wildman–Crippen LogP) is 2.18. The van der Waals surface area contributed by atoms with Crippen molar-refractivity contribution in [3.05, 3.63) is 0 Å². The maximum absolute atomic E-state index is 11.7. The number of aliphatic hydroxyl groups is 1. The number of methoxy groups -OCH3 is 1. The molecule has 0 aromatic heterocycles. The zero-order valence-corrected chi connectivity index (χ0v) is 13.8. The number of carbonyl (C=O) groups is 1. The van der Waals surface area contributed by atoms with Gasteiger partial charge in [0.1, 0.15) is 0 Å². The zero-order chi connectivity index (χ0) is 14.6. The van der Waals surface area contributed by atoms with E-state index in [1.165, 1.54) is 7.11 Å². The highest BCUT2D eigenvalue weighted by Gasteiger charge is 2.67. The van der Waals surface area contributed by atoms with Crippen molar-refractivity contribution < 1.29 is 19.1 Å². The Kier molecular flexibility index (Phi) is 3.61. The van der Waals surface area contributed by atoms with Gasteiger partial charge in [-0.2, -0.15) is 0 Å². The molecular formula is C14H26O4Si. The van der Waals surface area contributed by atoms with Crippen LogP contribution in [0.25, 0.3) is 0 Å². The number of carbonyl (C=O) groups excluding carboxylic acids is 1. The van der Waals surface area contributed by atoms with Crippen molar-refractivity contribution in [1.29, 1.82) is 0 Å². The predicted molar refractivity (Wildman–Crippen MR) is 75.2 cm³/mol. The smallest absolute Gasteiger partial charge is 0.309 e. The van der Waals surface area contributed by atoms with E-state index in [1.54, 1.807) is 0 Å². The zero-order valence-electron chi connectivity index (χ0n) is 12.8. The Morgan fingerprint density at radius 1 is 1.26 bits per heavy atom. The Bertz CT molecular complexity index is 374. The number of hydrogen-bond donors (Lipinski definition) is 1. The molecule has 0 spiro atoms. The minimum Gasteiger partial charge on any atom is -0.469 e. The second-order valence-electron chi connectivity index (χ2n) is 7.42. The fraction of sp³-hybridized carbons (Fsp3) is 0.929. The molecule has 2 aliphatic rings. The Morgan fingerprint density at radius 2 is 1.84 bits per heavy atom. The topological polar surface area (TPSA) is 55.8 Å². The standard InChI is InChI=1S/C14H26O4Si/c1-14(2,3)19(5,6)18-9-7-8(15)10-11(9)12(10)13(16)17-4/h8-12,15H,7H2,1-6H3/t8-,9+,10+,11-,12-/m0/s1. The van der Waals surface area contributed by atoms with E-state index in [-0.39, 0.29) is 34.9 Å². The highest BCUT2D eigenvalue weighted by atomic mass is 28.4. The van der Waals surface area contributed by atoms with Gasteiger partial charge >= 0.3 is 5.97 Å². The molecule has 0 aromatic carbocycles. The summed E-state index contributed by atoms with van der Waals surface area (Å²) in [6.07, 6.45) is 0.267. The summed E-state index contributed by atoms with van der Waals surface area (Å²) in [6.45, 7) is 11.0. The molecule has 19 heavy (non-hydrogen) atoms. The van der Waals surface area contributed by atoms with Crippen LogP contribution in [0.1, 0.15) is 27.2 Å². The summed E-state index contributed by atoms with van der Waals surface area (Å²) < 4.78 is 11.2. The van der Waals surface area contributed by atoms with Crippen molar-refractivity contribution in [1.82, 2.24) is 0 Å². The van der Waals surface area contributed by atoms with Crippen LogP contribution in [0.5, 0.6) is 0 Å². The molecule has 0 unspecified atom stereocenters. The number of hydrogen-bond acceptors (Lipinski definition) is 4. The van der Waals surface area contributed by atoms with E-state index < -0.39 is 14.4 Å². The third kappa shape index (κ3) is 2.48. The Hall–Kier alpha value is -0.393. The summed E-state index contributed by atoms with van der Waals surface area (Å²) in [5.41, 5.74) is 0. The Balaban J connectivity index is 2.06. The van der Waals surface area contributed by atoms with Crippen molar-refractivity contribution >= 4 is 14.3 Å². The lowest BCUT2D eigenvalue weighted by Crippen LogP contribution is -2.44. The SMILES string of the molecule is COC(=O)[C@@H]1[C@@H]2[C@H]1[C@@H](O)C[C@H]2O[Si](C)(C)C(C)(C)C. The summed E-state index contributed by atoms with van der Waals surface area (Å²) in [4.78, 5) is 11.7. The number of esters is 1. The van der Waals surface area contributed by atoms with Gasteiger partial charge in [-0.25, -0.2) is 0 Å². The molecule has 5 atom stereocenters. The molecule has 0 radical (unpaired) electrons. The molecule has 110 valence electrons. The minimum atomic E-state index is -1.85. The van der Waals surface area contributed by atoms with Crippen molar-refractivity contribution in [3.8, 4) is 0 Å². The molecule has 4 nitrogen and oxygen atoms in total. The van der Waals surface area contributed by atoms with Crippen molar-refractivity contribution in [2.24, 2.45) is 17.8 Å². The third-order valence-corrected chi connectivity index (χ3v) is 9.71. The van der Waals surface area contributed by atoms with Gasteiger partial charge in [0, 0.05) is 11.8 Å². The third-order valence-electron chi connectivity index (χ3n) is 5.21. The summed E-state index contributed by atoms with van der Waals surface area (Å²) in [7, 11) is -0.443. The molecule has 0 amide bonds. The molecular weight excluding hydrogens is 260 g/mol. The van der Waals surface area contributed by atoms with Gasteiger partial charge in [-0.05, 0) is 24.6 Å². The number of aliphatic hydroxyl groups excluding tert-OH is 1. The minimum absolute atomic E-state index is 0.0185. The van der Waals surface area contributed by atoms with E-state index in [0.717, 1.165) is 0 Å². The molecule has 0 aromatic rings. The number of ether oxygens (including phenoxy) is 1.